The van der Waals surface area contributed by atoms with Crippen LogP contribution in [0.2, 0.25) is 5.02 Å². The van der Waals surface area contributed by atoms with Crippen LogP contribution in [0.4, 0.5) is 0 Å². The van der Waals surface area contributed by atoms with E-state index >= 15 is 0 Å². The smallest absolute Gasteiger partial charge is 0.227 e. The average molecular weight is 269 g/mol. The lowest BCUT2D eigenvalue weighted by Gasteiger charge is -2.27. The summed E-state index contributed by atoms with van der Waals surface area (Å²) >= 11 is 5.84. The molecule has 0 bridgehead atoms. The molecule has 0 radical (unpaired) electrons. The van der Waals surface area contributed by atoms with E-state index in [2.05, 4.69) is 5.32 Å². The van der Waals surface area contributed by atoms with Crippen LogP contribution < -0.4 is 11.1 Å². The first-order valence-electron chi connectivity index (χ1n) is 6.19. The molecule has 0 fully saturated rings. The van der Waals surface area contributed by atoms with Gasteiger partial charge >= 0.3 is 0 Å². The van der Waals surface area contributed by atoms with E-state index in [4.69, 9.17) is 17.3 Å². The van der Waals surface area contributed by atoms with Gasteiger partial charge in [0.15, 0.2) is 0 Å². The Morgan fingerprint density at radius 3 is 2.44 bits per heavy atom. The lowest BCUT2D eigenvalue weighted by atomic mass is 9.86. The Bertz CT molecular complexity index is 399. The van der Waals surface area contributed by atoms with E-state index < -0.39 is 5.41 Å². The highest BCUT2D eigenvalue weighted by molar-refractivity contribution is 6.30. The zero-order valence-corrected chi connectivity index (χ0v) is 11.9. The number of hydrogen-bond donors (Lipinski definition) is 2. The van der Waals surface area contributed by atoms with Crippen molar-refractivity contribution in [2.45, 2.75) is 33.2 Å². The molecule has 1 rings (SSSR count). The second kappa shape index (κ2) is 6.21. The van der Waals surface area contributed by atoms with Crippen molar-refractivity contribution >= 4 is 17.5 Å². The van der Waals surface area contributed by atoms with E-state index in [1.54, 1.807) is 0 Å². The van der Waals surface area contributed by atoms with Crippen molar-refractivity contribution in [2.24, 2.45) is 11.1 Å². The van der Waals surface area contributed by atoms with E-state index in [0.717, 1.165) is 12.0 Å². The molecule has 4 heteroatoms. The van der Waals surface area contributed by atoms with E-state index in [0.29, 0.717) is 11.6 Å². The maximum absolute atomic E-state index is 12.2. The topological polar surface area (TPSA) is 55.1 Å². The maximum Gasteiger partial charge on any atom is 0.227 e. The molecule has 0 heterocycles. The van der Waals surface area contributed by atoms with Gasteiger partial charge in [0.2, 0.25) is 5.91 Å². The Kier molecular flexibility index (Phi) is 5.17. The summed E-state index contributed by atoms with van der Waals surface area (Å²) in [5, 5.41) is 3.69. The van der Waals surface area contributed by atoms with Crippen molar-refractivity contribution in [2.75, 3.05) is 6.54 Å². The molecule has 1 aromatic rings. The predicted octanol–water partition coefficient (Wildman–Crippen LogP) is 2.89. The molecule has 2 atom stereocenters. The number of carbonyl (C=O) groups is 1. The molecule has 0 aliphatic carbocycles. The largest absolute Gasteiger partial charge is 0.349 e. The molecule has 1 amide bonds. The number of hydrogen-bond acceptors (Lipinski definition) is 2. The van der Waals surface area contributed by atoms with Crippen LogP contribution in [0.25, 0.3) is 0 Å². The Hall–Kier alpha value is -1.06. The minimum atomic E-state index is -0.499. The van der Waals surface area contributed by atoms with Crippen LogP contribution in [0.1, 0.15) is 38.8 Å². The third-order valence-electron chi connectivity index (χ3n) is 3.50. The van der Waals surface area contributed by atoms with E-state index in [1.165, 1.54) is 0 Å². The highest BCUT2D eigenvalue weighted by Gasteiger charge is 2.30. The van der Waals surface area contributed by atoms with Crippen LogP contribution in [0.15, 0.2) is 24.3 Å². The molecule has 1 aromatic carbocycles. The van der Waals surface area contributed by atoms with Gasteiger partial charge in [-0.3, -0.25) is 4.79 Å². The summed E-state index contributed by atoms with van der Waals surface area (Å²) in [6.07, 6.45) is 0.725. The van der Waals surface area contributed by atoms with Gasteiger partial charge in [-0.05, 0) is 38.0 Å². The molecule has 0 saturated carbocycles. The van der Waals surface area contributed by atoms with Gasteiger partial charge in [0.05, 0.1) is 11.5 Å². The molecule has 0 aromatic heterocycles. The third-order valence-corrected chi connectivity index (χ3v) is 3.75. The second-order valence-electron chi connectivity index (χ2n) is 4.87. The fourth-order valence-corrected chi connectivity index (χ4v) is 1.73. The quantitative estimate of drug-likeness (QED) is 0.863. The molecule has 3 N–H and O–H groups in total. The van der Waals surface area contributed by atoms with Crippen LogP contribution in [0.3, 0.4) is 0 Å². The monoisotopic (exact) mass is 268 g/mol. The fraction of sp³-hybridized carbons (Fsp3) is 0.500. The Morgan fingerprint density at radius 1 is 1.44 bits per heavy atom. The first-order chi connectivity index (χ1) is 8.42. The lowest BCUT2D eigenvalue weighted by Crippen LogP contribution is -2.44. The number of nitrogens with one attached hydrogen (secondary N) is 1. The minimum absolute atomic E-state index is 0.00468. The number of amides is 1. The zero-order chi connectivity index (χ0) is 13.8. The summed E-state index contributed by atoms with van der Waals surface area (Å²) < 4.78 is 0. The van der Waals surface area contributed by atoms with Gasteiger partial charge in [-0.2, -0.15) is 0 Å². The Labute approximate surface area is 114 Å². The van der Waals surface area contributed by atoms with Gasteiger partial charge < -0.3 is 11.1 Å². The summed E-state index contributed by atoms with van der Waals surface area (Å²) in [6.45, 7) is 6.16. The molecule has 0 aliphatic rings. The molecular weight excluding hydrogens is 248 g/mol. The summed E-state index contributed by atoms with van der Waals surface area (Å²) in [7, 11) is 0. The number of rotatable bonds is 5. The minimum Gasteiger partial charge on any atom is -0.349 e. The highest BCUT2D eigenvalue weighted by atomic mass is 35.5. The van der Waals surface area contributed by atoms with Crippen molar-refractivity contribution in [3.05, 3.63) is 34.9 Å². The van der Waals surface area contributed by atoms with Gasteiger partial charge in [0.1, 0.15) is 0 Å². The standard InChI is InChI=1S/C14H21ClN2O/c1-4-14(3,9-16)13(18)17-10(2)11-5-7-12(15)8-6-11/h5-8,10H,4,9,16H2,1-3H3,(H,17,18)/t10-,14?/m0/s1. The van der Waals surface area contributed by atoms with Crippen LogP contribution in [0.5, 0.6) is 0 Å². The first-order valence-corrected chi connectivity index (χ1v) is 6.57. The van der Waals surface area contributed by atoms with E-state index in [1.807, 2.05) is 45.0 Å². The van der Waals surface area contributed by atoms with Crippen molar-refractivity contribution in [3.8, 4) is 0 Å². The van der Waals surface area contributed by atoms with Crippen LogP contribution >= 0.6 is 11.6 Å². The van der Waals surface area contributed by atoms with E-state index in [-0.39, 0.29) is 11.9 Å². The normalized spacial score (nSPS) is 15.8. The van der Waals surface area contributed by atoms with Crippen molar-refractivity contribution in [1.82, 2.24) is 5.32 Å². The maximum atomic E-state index is 12.2. The second-order valence-corrected chi connectivity index (χ2v) is 5.30. The first kappa shape index (κ1) is 15.0. The van der Waals surface area contributed by atoms with Crippen LogP contribution in [-0.4, -0.2) is 12.5 Å². The summed E-state index contributed by atoms with van der Waals surface area (Å²) in [5.74, 6) is -0.00468. The van der Waals surface area contributed by atoms with E-state index in [9.17, 15) is 4.79 Å². The number of benzene rings is 1. The summed E-state index contributed by atoms with van der Waals surface area (Å²) in [4.78, 5) is 12.2. The van der Waals surface area contributed by atoms with Gasteiger partial charge in [0, 0.05) is 11.6 Å². The summed E-state index contributed by atoms with van der Waals surface area (Å²) in [6, 6.07) is 7.42. The molecule has 0 spiro atoms. The molecular formula is C14H21ClN2O. The number of nitrogens with two attached hydrogens (primary N) is 1. The molecule has 3 nitrogen and oxygen atoms in total. The highest BCUT2D eigenvalue weighted by Crippen LogP contribution is 2.22. The molecule has 0 saturated heterocycles. The third kappa shape index (κ3) is 3.47. The van der Waals surface area contributed by atoms with Crippen LogP contribution in [0, 0.1) is 5.41 Å². The van der Waals surface area contributed by atoms with Gasteiger partial charge in [0.25, 0.3) is 0 Å². The predicted molar refractivity (Wildman–Crippen MR) is 75.5 cm³/mol. The number of carbonyl (C=O) groups excluding carboxylic acids is 1. The summed E-state index contributed by atoms with van der Waals surface area (Å²) in [5.41, 5.74) is 6.21. The van der Waals surface area contributed by atoms with Crippen molar-refractivity contribution < 1.29 is 4.79 Å². The average Bonchev–Trinajstić information content (AvgIpc) is 2.38. The van der Waals surface area contributed by atoms with Crippen LogP contribution in [-0.2, 0) is 4.79 Å². The van der Waals surface area contributed by atoms with Gasteiger partial charge in [-0.1, -0.05) is 30.7 Å². The fourth-order valence-electron chi connectivity index (χ4n) is 1.60. The van der Waals surface area contributed by atoms with Gasteiger partial charge in [-0.15, -0.1) is 0 Å². The molecule has 1 unspecified atom stereocenters. The Morgan fingerprint density at radius 2 is 2.00 bits per heavy atom. The molecule has 18 heavy (non-hydrogen) atoms. The zero-order valence-electron chi connectivity index (χ0n) is 11.2. The van der Waals surface area contributed by atoms with Gasteiger partial charge in [-0.25, -0.2) is 0 Å². The molecule has 100 valence electrons. The van der Waals surface area contributed by atoms with Crippen molar-refractivity contribution in [1.29, 1.82) is 0 Å². The number of halogens is 1. The Balaban J connectivity index is 2.73. The SMILES string of the molecule is CCC(C)(CN)C(=O)N[C@@H](C)c1ccc(Cl)cc1. The lowest BCUT2D eigenvalue weighted by molar-refractivity contribution is -0.130. The van der Waals surface area contributed by atoms with Crippen molar-refractivity contribution in [3.63, 3.8) is 0 Å². The molecule has 0 aliphatic heterocycles.